The summed E-state index contributed by atoms with van der Waals surface area (Å²) in [6, 6.07) is -2.63. The van der Waals surface area contributed by atoms with Gasteiger partial charge in [0.2, 0.25) is 11.8 Å². The summed E-state index contributed by atoms with van der Waals surface area (Å²) >= 11 is 0. The van der Waals surface area contributed by atoms with Crippen LogP contribution in [0.2, 0.25) is 0 Å². The monoisotopic (exact) mass is 1260 g/mol. The first-order valence-electron chi connectivity index (χ1n) is 33.4. The molecule has 3 heterocycles. The van der Waals surface area contributed by atoms with E-state index in [-0.39, 0.29) is 12.3 Å². The van der Waals surface area contributed by atoms with E-state index < -0.39 is 155 Å². The van der Waals surface area contributed by atoms with Crippen molar-refractivity contribution < 1.29 is 104 Å². The minimum atomic E-state index is -3.08. The van der Waals surface area contributed by atoms with Crippen LogP contribution in [0.1, 0.15) is 220 Å². The molecular weight excluding hydrogens is 1140 g/mol. The van der Waals surface area contributed by atoms with Crippen molar-refractivity contribution in [2.45, 2.75) is 330 Å². The van der Waals surface area contributed by atoms with Crippen LogP contribution in [0.3, 0.4) is 0 Å². The summed E-state index contributed by atoms with van der Waals surface area (Å²) in [6.45, 7) is 2.08. The first-order valence-corrected chi connectivity index (χ1v) is 33.4. The van der Waals surface area contributed by atoms with Crippen LogP contribution < -0.4 is 10.6 Å². The highest BCUT2D eigenvalue weighted by Gasteiger charge is 2.60. The Morgan fingerprint density at radius 3 is 1.60 bits per heavy atom. The number of aliphatic hydroxyl groups is 11. The quantitative estimate of drug-likeness (QED) is 0.0215. The van der Waals surface area contributed by atoms with E-state index in [9.17, 15) is 75.7 Å². The number of carbonyl (C=O) groups excluding carboxylic acids is 2. The molecule has 0 aromatic rings. The molecule has 88 heavy (non-hydrogen) atoms. The second-order valence-electron chi connectivity index (χ2n) is 24.4. The summed E-state index contributed by atoms with van der Waals surface area (Å²) in [7, 11) is 0. The van der Waals surface area contributed by atoms with E-state index in [0.29, 0.717) is 12.8 Å². The molecule has 0 spiro atoms. The molecule has 3 aliphatic heterocycles. The zero-order valence-corrected chi connectivity index (χ0v) is 53.1. The molecule has 23 nitrogen and oxygen atoms in total. The zero-order chi connectivity index (χ0) is 64.7. The number of allylic oxidation sites excluding steroid dienone is 5. The number of hydrogen-bond donors (Lipinski definition) is 14. The van der Waals surface area contributed by atoms with Crippen molar-refractivity contribution in [1.29, 1.82) is 0 Å². The third-order valence-corrected chi connectivity index (χ3v) is 16.8. The lowest BCUT2D eigenvalue weighted by Crippen LogP contribution is -2.70. The predicted molar refractivity (Wildman–Crippen MR) is 329 cm³/mol. The molecule has 3 rings (SSSR count). The van der Waals surface area contributed by atoms with Crippen LogP contribution in [0, 0.1) is 0 Å². The van der Waals surface area contributed by atoms with E-state index in [0.717, 1.165) is 71.1 Å². The summed E-state index contributed by atoms with van der Waals surface area (Å²) in [5, 5.41) is 136. The van der Waals surface area contributed by atoms with Crippen molar-refractivity contribution in [3.05, 3.63) is 36.5 Å². The van der Waals surface area contributed by atoms with Crippen LogP contribution in [0.25, 0.3) is 0 Å². The second-order valence-corrected chi connectivity index (χ2v) is 24.4. The van der Waals surface area contributed by atoms with E-state index in [1.807, 2.05) is 6.08 Å². The molecule has 3 saturated heterocycles. The predicted octanol–water partition coefficient (Wildman–Crippen LogP) is 5.06. The van der Waals surface area contributed by atoms with E-state index in [4.69, 9.17) is 28.4 Å². The van der Waals surface area contributed by atoms with Crippen LogP contribution in [-0.4, -0.2) is 215 Å². The third kappa shape index (κ3) is 28.9. The Morgan fingerprint density at radius 2 is 1.09 bits per heavy atom. The van der Waals surface area contributed by atoms with Gasteiger partial charge < -0.3 is 100 Å². The molecular formula is C65H116N2O21. The van der Waals surface area contributed by atoms with E-state index in [1.54, 1.807) is 6.08 Å². The Labute approximate surface area is 523 Å². The minimum Gasteiger partial charge on any atom is -0.477 e. The van der Waals surface area contributed by atoms with Gasteiger partial charge >= 0.3 is 5.97 Å². The first kappa shape index (κ1) is 79.2. The van der Waals surface area contributed by atoms with Gasteiger partial charge in [0.05, 0.1) is 50.7 Å². The zero-order valence-electron chi connectivity index (χ0n) is 53.1. The molecule has 0 bridgehead atoms. The molecule has 0 aromatic heterocycles. The van der Waals surface area contributed by atoms with Crippen molar-refractivity contribution >= 4 is 17.8 Å². The highest BCUT2D eigenvalue weighted by molar-refractivity contribution is 5.77. The lowest BCUT2D eigenvalue weighted by Gasteiger charge is -2.50. The number of aliphatic hydroxyl groups excluding tert-OH is 11. The molecule has 2 amide bonds. The van der Waals surface area contributed by atoms with Crippen LogP contribution in [0.5, 0.6) is 0 Å². The number of hydrogen-bond acceptors (Lipinski definition) is 20. The maximum Gasteiger partial charge on any atom is 0.364 e. The number of aliphatic carboxylic acids is 1. The van der Waals surface area contributed by atoms with Crippen molar-refractivity contribution in [1.82, 2.24) is 10.6 Å². The molecule has 0 radical (unpaired) electrons. The highest BCUT2D eigenvalue weighted by atomic mass is 16.8. The molecule has 0 aromatic carbocycles. The van der Waals surface area contributed by atoms with Gasteiger partial charge in [-0.3, -0.25) is 9.59 Å². The van der Waals surface area contributed by atoms with Gasteiger partial charge in [-0.1, -0.05) is 192 Å². The normalized spacial score (nSPS) is 29.2. The van der Waals surface area contributed by atoms with E-state index >= 15 is 0 Å². The SMILES string of the molecule is CCCCC/C=C\C=C/CCCCCCCCC(=O)NC(COC1OC(CO)C(OC2OC(CO)C(O)C(OC3(C(=O)O)CC(O)C(NC(C)=O)C(C(O)C(O)CO)O3)C2O)C(O)C1O)C(O)/C=C/CCCCCCCCCCCCCCCCCCC. The van der Waals surface area contributed by atoms with Crippen LogP contribution in [0.4, 0.5) is 0 Å². The maximum atomic E-state index is 13.4. The Bertz CT molecular complexity index is 1930. The number of carboxylic acid groups (broad SMARTS) is 1. The van der Waals surface area contributed by atoms with Gasteiger partial charge in [0.25, 0.3) is 5.79 Å². The fourth-order valence-electron chi connectivity index (χ4n) is 11.5. The second kappa shape index (κ2) is 46.1. The van der Waals surface area contributed by atoms with Gasteiger partial charge in [0.1, 0.15) is 67.1 Å². The molecule has 3 fully saturated rings. The Hall–Kier alpha value is -3.05. The summed E-state index contributed by atoms with van der Waals surface area (Å²) < 4.78 is 34.7. The van der Waals surface area contributed by atoms with E-state index in [2.05, 4.69) is 48.8 Å². The summed E-state index contributed by atoms with van der Waals surface area (Å²) in [6.07, 6.45) is 16.2. The number of ether oxygens (including phenoxy) is 6. The number of rotatable bonds is 49. The average molecular weight is 1260 g/mol. The number of amides is 2. The molecule has 0 saturated carbocycles. The molecule has 14 N–H and O–H groups in total. The number of carbonyl (C=O) groups is 3. The summed E-state index contributed by atoms with van der Waals surface area (Å²) in [5.41, 5.74) is 0. The maximum absolute atomic E-state index is 13.4. The topological polar surface area (TPSA) is 373 Å². The summed E-state index contributed by atoms with van der Waals surface area (Å²) in [5.74, 6) is -6.16. The fourth-order valence-corrected chi connectivity index (χ4v) is 11.5. The average Bonchev–Trinajstić information content (AvgIpc) is 0.810. The standard InChI is InChI=1S/C65H116N2O21/c1-4-6-8-10-12-14-16-18-20-21-22-23-25-26-28-30-32-34-36-38-47(72)46(67-52(75)39-37-35-33-31-29-27-24-19-17-15-13-11-9-7-5-2)44-83-62-57(79)56(78)59(51(43-70)85-62)86-63-58(80)61(55(77)50(42-69)84-63)88-65(64(81)82)40-48(73)53(66-45(3)71)60(87-65)54(76)49(74)41-68/h13,15,17,19,36,38,46-51,53-63,68-70,72-74,76-80H,4-12,14,16,18,20-35,37,39-44H2,1-3H3,(H,66,71)(H,67,75)(H,81,82)/b15-13-,19-17-,38-36+. The number of unbranched alkanes of at least 4 members (excludes halogenated alkanes) is 26. The molecule has 3 aliphatic rings. The van der Waals surface area contributed by atoms with Crippen LogP contribution in [0.15, 0.2) is 36.5 Å². The van der Waals surface area contributed by atoms with Gasteiger partial charge in [0.15, 0.2) is 12.6 Å². The van der Waals surface area contributed by atoms with Gasteiger partial charge in [-0.05, 0) is 44.9 Å². The van der Waals surface area contributed by atoms with Crippen molar-refractivity contribution in [2.75, 3.05) is 26.4 Å². The van der Waals surface area contributed by atoms with Gasteiger partial charge in [-0.25, -0.2) is 4.79 Å². The molecule has 18 atom stereocenters. The fraction of sp³-hybridized carbons (Fsp3) is 0.862. The van der Waals surface area contributed by atoms with Crippen molar-refractivity contribution in [3.8, 4) is 0 Å². The summed E-state index contributed by atoms with van der Waals surface area (Å²) in [4.78, 5) is 38.5. The van der Waals surface area contributed by atoms with Crippen LogP contribution in [-0.2, 0) is 42.8 Å². The molecule has 18 unspecified atom stereocenters. The number of nitrogens with one attached hydrogen (secondary N) is 2. The van der Waals surface area contributed by atoms with Gasteiger partial charge in [-0.15, -0.1) is 0 Å². The third-order valence-electron chi connectivity index (χ3n) is 16.8. The Morgan fingerprint density at radius 1 is 0.602 bits per heavy atom. The smallest absolute Gasteiger partial charge is 0.364 e. The molecule has 512 valence electrons. The minimum absolute atomic E-state index is 0.186. The Kier molecular flexibility index (Phi) is 41.5. The largest absolute Gasteiger partial charge is 0.477 e. The lowest BCUT2D eigenvalue weighted by atomic mass is 9.88. The van der Waals surface area contributed by atoms with Gasteiger partial charge in [0, 0.05) is 19.8 Å². The van der Waals surface area contributed by atoms with Crippen molar-refractivity contribution in [3.63, 3.8) is 0 Å². The molecule has 0 aliphatic carbocycles. The molecule has 23 heteroatoms. The first-order chi connectivity index (χ1) is 42.4. The number of carboxylic acids is 1. The lowest BCUT2D eigenvalue weighted by molar-refractivity contribution is -0.386. The van der Waals surface area contributed by atoms with E-state index in [1.165, 1.54) is 109 Å². The van der Waals surface area contributed by atoms with Gasteiger partial charge in [-0.2, -0.15) is 0 Å². The highest BCUT2D eigenvalue weighted by Crippen LogP contribution is 2.38. The Balaban J connectivity index is 1.63. The van der Waals surface area contributed by atoms with Crippen molar-refractivity contribution in [2.24, 2.45) is 0 Å². The van der Waals surface area contributed by atoms with Crippen LogP contribution >= 0.6 is 0 Å².